The molecule has 1 aliphatic rings. The summed E-state index contributed by atoms with van der Waals surface area (Å²) in [6.07, 6.45) is 0.930. The second-order valence-electron chi connectivity index (χ2n) is 5.85. The van der Waals surface area contributed by atoms with Crippen LogP contribution >= 0.6 is 11.3 Å². The molecule has 2 heterocycles. The fraction of sp³-hybridized carbons (Fsp3) is 0.688. The molecule has 0 bridgehead atoms. The Morgan fingerprint density at radius 1 is 1.17 bits per heavy atom. The van der Waals surface area contributed by atoms with E-state index in [-0.39, 0.29) is 5.91 Å². The molecule has 136 valence electrons. The zero-order chi connectivity index (χ0) is 17.9. The Morgan fingerprint density at radius 3 is 2.21 bits per heavy atom. The smallest absolute Gasteiger partial charge is 0.282 e. The largest absolute Gasteiger partial charge is 0.335 e. The summed E-state index contributed by atoms with van der Waals surface area (Å²) in [5.74, 6) is 0.0164. The summed E-state index contributed by atoms with van der Waals surface area (Å²) >= 11 is 1.55. The van der Waals surface area contributed by atoms with Crippen LogP contribution in [0.25, 0.3) is 0 Å². The van der Waals surface area contributed by atoms with Gasteiger partial charge in [0.1, 0.15) is 0 Å². The molecule has 2 rings (SSSR count). The maximum Gasteiger partial charge on any atom is 0.282 e. The number of hydrogen-bond acceptors (Lipinski definition) is 4. The lowest BCUT2D eigenvalue weighted by Crippen LogP contribution is -2.54. The highest BCUT2D eigenvalue weighted by atomic mass is 32.2. The number of aryl methyl sites for hydroxylation is 2. The lowest BCUT2D eigenvalue weighted by Gasteiger charge is -2.36. The normalized spacial score (nSPS) is 16.8. The molecule has 1 aromatic rings. The summed E-state index contributed by atoms with van der Waals surface area (Å²) in [6, 6.07) is 1.95. The summed E-state index contributed by atoms with van der Waals surface area (Å²) in [4.78, 5) is 16.4. The Bertz CT molecular complexity index is 673. The number of carbonyl (C=O) groups excluding carboxylic acids is 1. The van der Waals surface area contributed by atoms with E-state index < -0.39 is 10.2 Å². The second kappa shape index (κ2) is 7.95. The third-order valence-electron chi connectivity index (χ3n) is 4.44. The van der Waals surface area contributed by atoms with Gasteiger partial charge in [0.15, 0.2) is 0 Å². The molecule has 1 amide bonds. The molecule has 0 atom stereocenters. The van der Waals surface area contributed by atoms with Crippen molar-refractivity contribution in [1.82, 2.24) is 13.5 Å². The first-order valence-electron chi connectivity index (χ1n) is 8.48. The van der Waals surface area contributed by atoms with E-state index in [1.54, 1.807) is 16.2 Å². The SMILES string of the molecule is CCc1sc(C(=O)N2CCN(S(=O)(=O)N(CC)CC)CC2)cc1C. The maximum absolute atomic E-state index is 12.6. The number of piperazine rings is 1. The lowest BCUT2D eigenvalue weighted by molar-refractivity contribution is 0.0699. The van der Waals surface area contributed by atoms with Gasteiger partial charge in [-0.25, -0.2) is 0 Å². The van der Waals surface area contributed by atoms with E-state index in [0.717, 1.165) is 16.9 Å². The van der Waals surface area contributed by atoms with Crippen molar-refractivity contribution >= 4 is 27.5 Å². The van der Waals surface area contributed by atoms with E-state index in [0.29, 0.717) is 39.3 Å². The highest BCUT2D eigenvalue weighted by Gasteiger charge is 2.32. The summed E-state index contributed by atoms with van der Waals surface area (Å²) in [6.45, 7) is 10.3. The molecule has 0 aliphatic carbocycles. The van der Waals surface area contributed by atoms with Crippen LogP contribution in [0.5, 0.6) is 0 Å². The molecule has 0 unspecified atom stereocenters. The van der Waals surface area contributed by atoms with Crippen molar-refractivity contribution in [2.24, 2.45) is 0 Å². The van der Waals surface area contributed by atoms with Crippen molar-refractivity contribution in [3.05, 3.63) is 21.4 Å². The van der Waals surface area contributed by atoms with E-state index >= 15 is 0 Å². The van der Waals surface area contributed by atoms with E-state index in [1.165, 1.54) is 13.5 Å². The number of nitrogens with zero attached hydrogens (tertiary/aromatic N) is 3. The highest BCUT2D eigenvalue weighted by Crippen LogP contribution is 2.24. The van der Waals surface area contributed by atoms with Gasteiger partial charge in [0.25, 0.3) is 16.1 Å². The predicted molar refractivity (Wildman–Crippen MR) is 97.8 cm³/mol. The fourth-order valence-corrected chi connectivity index (χ4v) is 5.65. The quantitative estimate of drug-likeness (QED) is 0.766. The molecule has 0 aromatic carbocycles. The topological polar surface area (TPSA) is 60.9 Å². The first kappa shape index (κ1) is 19.4. The number of thiophene rings is 1. The number of hydrogen-bond donors (Lipinski definition) is 0. The molecule has 0 N–H and O–H groups in total. The Morgan fingerprint density at radius 2 is 1.75 bits per heavy atom. The minimum Gasteiger partial charge on any atom is -0.335 e. The van der Waals surface area contributed by atoms with Gasteiger partial charge >= 0.3 is 0 Å². The Balaban J connectivity index is 2.03. The molecule has 0 saturated carbocycles. The molecule has 1 aromatic heterocycles. The average molecular weight is 374 g/mol. The van der Waals surface area contributed by atoms with Crippen LogP contribution in [0, 0.1) is 6.92 Å². The van der Waals surface area contributed by atoms with Crippen molar-refractivity contribution in [3.63, 3.8) is 0 Å². The van der Waals surface area contributed by atoms with E-state index in [4.69, 9.17) is 0 Å². The van der Waals surface area contributed by atoms with Gasteiger partial charge in [-0.3, -0.25) is 4.79 Å². The fourth-order valence-electron chi connectivity index (χ4n) is 2.97. The molecule has 1 saturated heterocycles. The zero-order valence-corrected chi connectivity index (χ0v) is 16.5. The van der Waals surface area contributed by atoms with E-state index in [9.17, 15) is 13.2 Å². The summed E-state index contributed by atoms with van der Waals surface area (Å²) in [5.41, 5.74) is 1.16. The summed E-state index contributed by atoms with van der Waals surface area (Å²) in [5, 5.41) is 0. The first-order chi connectivity index (χ1) is 11.3. The highest BCUT2D eigenvalue weighted by molar-refractivity contribution is 7.86. The molecule has 6 nitrogen and oxygen atoms in total. The van der Waals surface area contributed by atoms with Crippen molar-refractivity contribution in [2.75, 3.05) is 39.3 Å². The first-order valence-corrected chi connectivity index (χ1v) is 10.7. The van der Waals surface area contributed by atoms with E-state index in [1.807, 2.05) is 26.8 Å². The summed E-state index contributed by atoms with van der Waals surface area (Å²) in [7, 11) is -3.41. The molecule has 1 aliphatic heterocycles. The van der Waals surface area contributed by atoms with Gasteiger partial charge in [-0.2, -0.15) is 17.0 Å². The third-order valence-corrected chi connectivity index (χ3v) is 7.99. The maximum atomic E-state index is 12.6. The Kier molecular flexibility index (Phi) is 6.41. The van der Waals surface area contributed by atoms with Crippen LogP contribution in [0.4, 0.5) is 0 Å². The lowest BCUT2D eigenvalue weighted by atomic mass is 10.2. The molecular formula is C16H27N3O3S2. The number of rotatable bonds is 6. The molecule has 8 heteroatoms. The van der Waals surface area contributed by atoms with Crippen LogP contribution in [0.2, 0.25) is 0 Å². The Labute approximate surface area is 149 Å². The van der Waals surface area contributed by atoms with Crippen molar-refractivity contribution in [2.45, 2.75) is 34.1 Å². The van der Waals surface area contributed by atoms with Crippen LogP contribution in [0.15, 0.2) is 6.07 Å². The standard InChI is InChI=1S/C16H27N3O3S2/c1-5-14-13(4)12-15(23-14)16(20)17-8-10-19(11-9-17)24(21,22)18(6-2)7-3/h12H,5-11H2,1-4H3. The number of amides is 1. The van der Waals surface area contributed by atoms with Gasteiger partial charge in [0, 0.05) is 44.1 Å². The van der Waals surface area contributed by atoms with Crippen molar-refractivity contribution < 1.29 is 13.2 Å². The number of carbonyl (C=O) groups is 1. The summed E-state index contributed by atoms with van der Waals surface area (Å²) < 4.78 is 28.0. The van der Waals surface area contributed by atoms with Gasteiger partial charge < -0.3 is 4.90 Å². The van der Waals surface area contributed by atoms with Crippen molar-refractivity contribution in [1.29, 1.82) is 0 Å². The van der Waals surface area contributed by atoms with Gasteiger partial charge in [-0.1, -0.05) is 20.8 Å². The minimum atomic E-state index is -3.41. The van der Waals surface area contributed by atoms with Gasteiger partial charge in [-0.05, 0) is 25.0 Å². The van der Waals surface area contributed by atoms with Gasteiger partial charge in [-0.15, -0.1) is 11.3 Å². The van der Waals surface area contributed by atoms with Crippen molar-refractivity contribution in [3.8, 4) is 0 Å². The predicted octanol–water partition coefficient (Wildman–Crippen LogP) is 1.96. The average Bonchev–Trinajstić information content (AvgIpc) is 2.96. The van der Waals surface area contributed by atoms with Crippen LogP contribution in [-0.2, 0) is 16.6 Å². The van der Waals surface area contributed by atoms with Crippen LogP contribution in [0.1, 0.15) is 40.9 Å². The monoisotopic (exact) mass is 373 g/mol. The van der Waals surface area contributed by atoms with Crippen LogP contribution in [-0.4, -0.2) is 67.1 Å². The molecule has 1 fully saturated rings. The second-order valence-corrected chi connectivity index (χ2v) is 8.92. The van der Waals surface area contributed by atoms with Crippen LogP contribution in [0.3, 0.4) is 0 Å². The molecule has 0 spiro atoms. The van der Waals surface area contributed by atoms with Gasteiger partial charge in [0.05, 0.1) is 4.88 Å². The van der Waals surface area contributed by atoms with E-state index in [2.05, 4.69) is 6.92 Å². The third kappa shape index (κ3) is 3.82. The molecule has 0 radical (unpaired) electrons. The zero-order valence-electron chi connectivity index (χ0n) is 14.9. The Hall–Kier alpha value is -0.960. The molecule has 24 heavy (non-hydrogen) atoms. The minimum absolute atomic E-state index is 0.0164. The van der Waals surface area contributed by atoms with Gasteiger partial charge in [0.2, 0.25) is 0 Å². The van der Waals surface area contributed by atoms with Crippen LogP contribution < -0.4 is 0 Å². The molecular weight excluding hydrogens is 346 g/mol.